The van der Waals surface area contributed by atoms with Gasteiger partial charge in [0.15, 0.2) is 0 Å². The number of aromatic amines is 1. The summed E-state index contributed by atoms with van der Waals surface area (Å²) >= 11 is 0. The maximum absolute atomic E-state index is 12.0. The molecule has 2 amide bonds. The third-order valence-electron chi connectivity index (χ3n) is 3.11. The van der Waals surface area contributed by atoms with Crippen LogP contribution in [-0.4, -0.2) is 41.0 Å². The van der Waals surface area contributed by atoms with Crippen LogP contribution in [0.2, 0.25) is 0 Å². The van der Waals surface area contributed by atoms with Gasteiger partial charge in [0.05, 0.1) is 6.20 Å². The minimum atomic E-state index is 0.0574. The highest BCUT2D eigenvalue weighted by Gasteiger charge is 2.25. The third-order valence-corrected chi connectivity index (χ3v) is 3.11. The maximum Gasteiger partial charge on any atom is 0.325 e. The van der Waals surface area contributed by atoms with Crippen molar-refractivity contribution in [2.75, 3.05) is 25.0 Å². The van der Waals surface area contributed by atoms with Crippen LogP contribution in [0.15, 0.2) is 6.20 Å². The van der Waals surface area contributed by atoms with E-state index in [4.69, 9.17) is 0 Å². The van der Waals surface area contributed by atoms with Gasteiger partial charge in [-0.2, -0.15) is 0 Å². The van der Waals surface area contributed by atoms with E-state index in [9.17, 15) is 4.79 Å². The Morgan fingerprint density at radius 2 is 2.29 bits per heavy atom. The molecule has 0 radical (unpaired) electrons. The minimum absolute atomic E-state index is 0.0574. The molecule has 1 aromatic rings. The summed E-state index contributed by atoms with van der Waals surface area (Å²) in [7, 11) is 1.84. The summed E-state index contributed by atoms with van der Waals surface area (Å²) in [4.78, 5) is 23.0. The van der Waals surface area contributed by atoms with E-state index in [-0.39, 0.29) is 6.03 Å². The highest BCUT2D eigenvalue weighted by Crippen LogP contribution is 2.17. The Labute approximate surface area is 102 Å². The van der Waals surface area contributed by atoms with Crippen LogP contribution in [0.1, 0.15) is 32.0 Å². The average molecular weight is 236 g/mol. The first-order valence-corrected chi connectivity index (χ1v) is 6.29. The number of imidazole rings is 1. The molecular formula is C12H20N4O. The van der Waals surface area contributed by atoms with Gasteiger partial charge in [-0.3, -0.25) is 4.90 Å². The van der Waals surface area contributed by atoms with Gasteiger partial charge in [-0.25, -0.2) is 9.78 Å². The number of carbonyl (C=O) groups is 1. The highest BCUT2D eigenvalue weighted by atomic mass is 16.2. The number of hydrogen-bond donors (Lipinski definition) is 1. The van der Waals surface area contributed by atoms with Crippen molar-refractivity contribution in [1.82, 2.24) is 14.9 Å². The zero-order chi connectivity index (χ0) is 12.3. The first kappa shape index (κ1) is 12.0. The zero-order valence-corrected chi connectivity index (χ0v) is 10.6. The third kappa shape index (κ3) is 2.60. The molecule has 94 valence electrons. The van der Waals surface area contributed by atoms with Crippen LogP contribution in [0.3, 0.4) is 0 Å². The molecule has 0 bridgehead atoms. The summed E-state index contributed by atoms with van der Waals surface area (Å²) in [6.45, 7) is 3.78. The largest absolute Gasteiger partial charge is 0.328 e. The SMILES string of the molecule is CCCCc1ncc(N2CCCN(C)C2=O)[nH]1. The van der Waals surface area contributed by atoms with Crippen LogP contribution >= 0.6 is 0 Å². The van der Waals surface area contributed by atoms with E-state index in [1.165, 1.54) is 0 Å². The van der Waals surface area contributed by atoms with Crippen molar-refractivity contribution in [1.29, 1.82) is 0 Å². The lowest BCUT2D eigenvalue weighted by Crippen LogP contribution is -2.47. The molecule has 2 heterocycles. The summed E-state index contributed by atoms with van der Waals surface area (Å²) in [5, 5.41) is 0. The summed E-state index contributed by atoms with van der Waals surface area (Å²) < 4.78 is 0. The first-order chi connectivity index (χ1) is 8.22. The Bertz CT molecular complexity index is 388. The number of unbranched alkanes of at least 4 members (excludes halogenated alkanes) is 1. The van der Waals surface area contributed by atoms with E-state index in [0.29, 0.717) is 0 Å². The number of urea groups is 1. The molecule has 0 saturated carbocycles. The van der Waals surface area contributed by atoms with Crippen molar-refractivity contribution in [2.45, 2.75) is 32.6 Å². The van der Waals surface area contributed by atoms with Crippen molar-refractivity contribution in [3.63, 3.8) is 0 Å². The topological polar surface area (TPSA) is 52.2 Å². The van der Waals surface area contributed by atoms with E-state index in [1.54, 1.807) is 16.0 Å². The fourth-order valence-electron chi connectivity index (χ4n) is 2.05. The van der Waals surface area contributed by atoms with Gasteiger partial charge < -0.3 is 9.88 Å². The maximum atomic E-state index is 12.0. The van der Waals surface area contributed by atoms with Gasteiger partial charge in [-0.15, -0.1) is 0 Å². The predicted molar refractivity (Wildman–Crippen MR) is 67.2 cm³/mol. The van der Waals surface area contributed by atoms with Crippen LogP contribution in [-0.2, 0) is 6.42 Å². The molecule has 1 aromatic heterocycles. The van der Waals surface area contributed by atoms with Crippen molar-refractivity contribution in [3.8, 4) is 0 Å². The van der Waals surface area contributed by atoms with Crippen LogP contribution in [0.5, 0.6) is 0 Å². The summed E-state index contributed by atoms with van der Waals surface area (Å²) in [5.74, 6) is 1.80. The Balaban J connectivity index is 2.06. The Hall–Kier alpha value is -1.52. The first-order valence-electron chi connectivity index (χ1n) is 6.29. The van der Waals surface area contributed by atoms with Gasteiger partial charge in [0.25, 0.3) is 0 Å². The van der Waals surface area contributed by atoms with Crippen molar-refractivity contribution < 1.29 is 4.79 Å². The summed E-state index contributed by atoms with van der Waals surface area (Å²) in [5.41, 5.74) is 0. The standard InChI is InChI=1S/C12H20N4O/c1-3-4-6-10-13-9-11(14-10)16-8-5-7-15(2)12(16)17/h9H,3-8H2,1-2H3,(H,13,14). The number of anilines is 1. The molecule has 0 spiro atoms. The number of aromatic nitrogens is 2. The molecule has 1 fully saturated rings. The van der Waals surface area contributed by atoms with Crippen molar-refractivity contribution >= 4 is 11.8 Å². The Morgan fingerprint density at radius 1 is 1.47 bits per heavy atom. The fourth-order valence-corrected chi connectivity index (χ4v) is 2.05. The van der Waals surface area contributed by atoms with E-state index < -0.39 is 0 Å². The van der Waals surface area contributed by atoms with E-state index in [2.05, 4.69) is 16.9 Å². The van der Waals surface area contributed by atoms with Gasteiger partial charge in [0, 0.05) is 26.6 Å². The number of amides is 2. The van der Waals surface area contributed by atoms with Crippen LogP contribution in [0.4, 0.5) is 10.6 Å². The van der Waals surface area contributed by atoms with Crippen LogP contribution in [0, 0.1) is 0 Å². The number of nitrogens with one attached hydrogen (secondary N) is 1. The molecule has 1 N–H and O–H groups in total. The van der Waals surface area contributed by atoms with Crippen LogP contribution < -0.4 is 4.90 Å². The monoisotopic (exact) mass is 236 g/mol. The second-order valence-corrected chi connectivity index (χ2v) is 4.53. The Morgan fingerprint density at radius 3 is 3.06 bits per heavy atom. The molecule has 5 heteroatoms. The molecule has 1 saturated heterocycles. The van der Waals surface area contributed by atoms with E-state index in [1.807, 2.05) is 7.05 Å². The zero-order valence-electron chi connectivity index (χ0n) is 10.6. The van der Waals surface area contributed by atoms with Crippen molar-refractivity contribution in [2.24, 2.45) is 0 Å². The van der Waals surface area contributed by atoms with Gasteiger partial charge in [-0.1, -0.05) is 13.3 Å². The predicted octanol–water partition coefficient (Wildman–Crippen LogP) is 2.01. The number of aryl methyl sites for hydroxylation is 1. The smallest absolute Gasteiger partial charge is 0.325 e. The summed E-state index contributed by atoms with van der Waals surface area (Å²) in [6, 6.07) is 0.0574. The Kier molecular flexibility index (Phi) is 3.66. The molecule has 2 rings (SSSR count). The van der Waals surface area contributed by atoms with Gasteiger partial charge >= 0.3 is 6.03 Å². The molecule has 0 aromatic carbocycles. The summed E-state index contributed by atoms with van der Waals surface area (Å²) in [6.07, 6.45) is 6.00. The normalized spacial score (nSPS) is 16.7. The molecule has 1 aliphatic heterocycles. The lowest BCUT2D eigenvalue weighted by atomic mass is 10.2. The lowest BCUT2D eigenvalue weighted by Gasteiger charge is -2.32. The molecular weight excluding hydrogens is 216 g/mol. The molecule has 17 heavy (non-hydrogen) atoms. The number of H-pyrrole nitrogens is 1. The van der Waals surface area contributed by atoms with Crippen LogP contribution in [0.25, 0.3) is 0 Å². The fraction of sp³-hybridized carbons (Fsp3) is 0.667. The highest BCUT2D eigenvalue weighted by molar-refractivity contribution is 5.91. The molecule has 0 atom stereocenters. The number of rotatable bonds is 4. The molecule has 1 aliphatic rings. The number of hydrogen-bond acceptors (Lipinski definition) is 2. The van der Waals surface area contributed by atoms with Gasteiger partial charge in [0.2, 0.25) is 0 Å². The second-order valence-electron chi connectivity index (χ2n) is 4.53. The molecule has 0 unspecified atom stereocenters. The molecule has 0 aliphatic carbocycles. The van der Waals surface area contributed by atoms with Gasteiger partial charge in [0.1, 0.15) is 11.6 Å². The number of carbonyl (C=O) groups excluding carboxylic acids is 1. The molecule has 5 nitrogen and oxygen atoms in total. The average Bonchev–Trinajstić information content (AvgIpc) is 2.78. The van der Waals surface area contributed by atoms with Crippen molar-refractivity contribution in [3.05, 3.63) is 12.0 Å². The van der Waals surface area contributed by atoms with Gasteiger partial charge in [-0.05, 0) is 12.8 Å². The quantitative estimate of drug-likeness (QED) is 0.869. The lowest BCUT2D eigenvalue weighted by molar-refractivity contribution is 0.207. The minimum Gasteiger partial charge on any atom is -0.328 e. The second kappa shape index (κ2) is 5.21. The van der Waals surface area contributed by atoms with E-state index in [0.717, 1.165) is 50.4 Å². The van der Waals surface area contributed by atoms with E-state index >= 15 is 0 Å². The number of nitrogens with zero attached hydrogens (tertiary/aromatic N) is 3.